The average Bonchev–Trinajstić information content (AvgIpc) is 2.52. The molecule has 0 radical (unpaired) electrons. The molecule has 0 aliphatic carbocycles. The van der Waals surface area contributed by atoms with E-state index in [9.17, 15) is 4.79 Å². The minimum Gasteiger partial charge on any atom is -0.487 e. The van der Waals surface area contributed by atoms with Crippen LogP contribution in [0, 0.1) is 0 Å². The highest BCUT2D eigenvalue weighted by Crippen LogP contribution is 2.15. The van der Waals surface area contributed by atoms with Crippen molar-refractivity contribution in [2.75, 3.05) is 14.1 Å². The monoisotopic (exact) mass is 286 g/mol. The van der Waals surface area contributed by atoms with E-state index in [1.165, 1.54) is 4.90 Å². The van der Waals surface area contributed by atoms with Gasteiger partial charge in [0.25, 0.3) is 0 Å². The van der Waals surface area contributed by atoms with Crippen LogP contribution in [-0.2, 0) is 18.0 Å². The van der Waals surface area contributed by atoms with Crippen molar-refractivity contribution in [3.8, 4) is 5.75 Å². The number of nitrogens with zero attached hydrogens (tertiary/aromatic N) is 2. The number of amides is 1. The summed E-state index contributed by atoms with van der Waals surface area (Å²) < 4.78 is 10.8. The molecule has 0 unspecified atom stereocenters. The van der Waals surface area contributed by atoms with Gasteiger partial charge in [-0.2, -0.15) is 0 Å². The first-order chi connectivity index (χ1) is 10.1. The van der Waals surface area contributed by atoms with Crippen LogP contribution in [0.1, 0.15) is 11.3 Å². The van der Waals surface area contributed by atoms with E-state index in [1.807, 2.05) is 42.5 Å². The van der Waals surface area contributed by atoms with Gasteiger partial charge in [-0.3, -0.25) is 4.98 Å². The molecule has 0 atom stereocenters. The van der Waals surface area contributed by atoms with Crippen LogP contribution in [0.4, 0.5) is 4.79 Å². The molecule has 1 heterocycles. The highest BCUT2D eigenvalue weighted by molar-refractivity contribution is 5.66. The van der Waals surface area contributed by atoms with Gasteiger partial charge in [-0.1, -0.05) is 18.2 Å². The van der Waals surface area contributed by atoms with E-state index < -0.39 is 0 Å². The Kier molecular flexibility index (Phi) is 5.15. The number of hydrogen-bond donors (Lipinski definition) is 0. The topological polar surface area (TPSA) is 51.7 Å². The van der Waals surface area contributed by atoms with Crippen molar-refractivity contribution in [3.63, 3.8) is 0 Å². The fourth-order valence-electron chi connectivity index (χ4n) is 1.64. The molecular weight excluding hydrogens is 268 g/mol. The van der Waals surface area contributed by atoms with Crippen LogP contribution in [-0.4, -0.2) is 30.1 Å². The molecule has 0 bridgehead atoms. The largest absolute Gasteiger partial charge is 0.487 e. The number of carbonyl (C=O) groups excluding carboxylic acids is 1. The molecule has 1 aromatic carbocycles. The zero-order chi connectivity index (χ0) is 15.1. The number of rotatable bonds is 5. The molecule has 2 aromatic rings. The normalized spacial score (nSPS) is 10.0. The maximum Gasteiger partial charge on any atom is 0.409 e. The summed E-state index contributed by atoms with van der Waals surface area (Å²) in [6, 6.07) is 13.2. The van der Waals surface area contributed by atoms with Crippen molar-refractivity contribution in [2.45, 2.75) is 13.2 Å². The third-order valence-electron chi connectivity index (χ3n) is 2.74. The average molecular weight is 286 g/mol. The van der Waals surface area contributed by atoms with Gasteiger partial charge in [-0.25, -0.2) is 4.79 Å². The van der Waals surface area contributed by atoms with E-state index >= 15 is 0 Å². The molecule has 5 heteroatoms. The predicted octanol–water partition coefficient (Wildman–Crippen LogP) is 2.86. The quantitative estimate of drug-likeness (QED) is 0.848. The second kappa shape index (κ2) is 7.28. The first kappa shape index (κ1) is 14.8. The Bertz CT molecular complexity index is 585. The highest BCUT2D eigenvalue weighted by atomic mass is 16.6. The highest BCUT2D eigenvalue weighted by Gasteiger charge is 2.05. The number of aromatic nitrogens is 1. The van der Waals surface area contributed by atoms with E-state index in [-0.39, 0.29) is 12.7 Å². The Labute approximate surface area is 124 Å². The maximum atomic E-state index is 11.4. The van der Waals surface area contributed by atoms with Crippen molar-refractivity contribution in [3.05, 3.63) is 59.9 Å². The van der Waals surface area contributed by atoms with Gasteiger partial charge >= 0.3 is 6.09 Å². The lowest BCUT2D eigenvalue weighted by Crippen LogP contribution is -2.22. The Balaban J connectivity index is 1.90. The molecule has 1 aromatic heterocycles. The molecule has 5 nitrogen and oxygen atoms in total. The van der Waals surface area contributed by atoms with Gasteiger partial charge in [-0.05, 0) is 29.8 Å². The van der Waals surface area contributed by atoms with Gasteiger partial charge in [0.15, 0.2) is 0 Å². The predicted molar refractivity (Wildman–Crippen MR) is 78.9 cm³/mol. The standard InChI is InChI=1S/C16H18N2O3/c1-18(2)16(19)21-11-13-6-5-8-15(10-13)20-12-14-7-3-4-9-17-14/h3-10H,11-12H2,1-2H3. The van der Waals surface area contributed by atoms with Crippen molar-refractivity contribution in [1.82, 2.24) is 9.88 Å². The minimum atomic E-state index is -0.366. The van der Waals surface area contributed by atoms with Gasteiger partial charge in [0, 0.05) is 20.3 Å². The van der Waals surface area contributed by atoms with E-state index in [4.69, 9.17) is 9.47 Å². The van der Waals surface area contributed by atoms with E-state index in [0.29, 0.717) is 6.61 Å². The lowest BCUT2D eigenvalue weighted by atomic mass is 10.2. The minimum absolute atomic E-state index is 0.220. The molecule has 0 saturated carbocycles. The summed E-state index contributed by atoms with van der Waals surface area (Å²) in [6.07, 6.45) is 1.37. The summed E-state index contributed by atoms with van der Waals surface area (Å²) in [5.74, 6) is 0.721. The van der Waals surface area contributed by atoms with Gasteiger partial charge in [-0.15, -0.1) is 0 Å². The smallest absolute Gasteiger partial charge is 0.409 e. The van der Waals surface area contributed by atoms with Crippen LogP contribution in [0.3, 0.4) is 0 Å². The van der Waals surface area contributed by atoms with Gasteiger partial charge in [0.1, 0.15) is 19.0 Å². The summed E-state index contributed by atoms with van der Waals surface area (Å²) in [4.78, 5) is 17.0. The fraction of sp³-hybridized carbons (Fsp3) is 0.250. The number of carbonyl (C=O) groups is 1. The van der Waals surface area contributed by atoms with Crippen molar-refractivity contribution >= 4 is 6.09 Å². The lowest BCUT2D eigenvalue weighted by Gasteiger charge is -2.12. The van der Waals surface area contributed by atoms with Gasteiger partial charge < -0.3 is 14.4 Å². The molecule has 0 aliphatic heterocycles. The number of pyridine rings is 1. The summed E-state index contributed by atoms with van der Waals surface area (Å²) in [5, 5.41) is 0. The molecule has 1 amide bonds. The van der Waals surface area contributed by atoms with Crippen LogP contribution in [0.15, 0.2) is 48.7 Å². The maximum absolute atomic E-state index is 11.4. The van der Waals surface area contributed by atoms with Crippen molar-refractivity contribution in [2.24, 2.45) is 0 Å². The van der Waals surface area contributed by atoms with Gasteiger partial charge in [0.2, 0.25) is 0 Å². The molecule has 0 N–H and O–H groups in total. The van der Waals surface area contributed by atoms with Gasteiger partial charge in [0.05, 0.1) is 5.69 Å². The second-order valence-electron chi connectivity index (χ2n) is 4.71. The SMILES string of the molecule is CN(C)C(=O)OCc1cccc(OCc2ccccn2)c1. The Morgan fingerprint density at radius 3 is 2.71 bits per heavy atom. The Morgan fingerprint density at radius 2 is 2.00 bits per heavy atom. The zero-order valence-corrected chi connectivity index (χ0v) is 12.2. The first-order valence-electron chi connectivity index (χ1n) is 6.61. The Morgan fingerprint density at radius 1 is 1.14 bits per heavy atom. The zero-order valence-electron chi connectivity index (χ0n) is 12.2. The van der Waals surface area contributed by atoms with Crippen LogP contribution in [0.2, 0.25) is 0 Å². The first-order valence-corrected chi connectivity index (χ1v) is 6.61. The third-order valence-corrected chi connectivity index (χ3v) is 2.74. The van der Waals surface area contributed by atoms with E-state index in [0.717, 1.165) is 17.0 Å². The molecule has 21 heavy (non-hydrogen) atoms. The molecule has 2 rings (SSSR count). The molecule has 0 aliphatic rings. The fourth-order valence-corrected chi connectivity index (χ4v) is 1.64. The van der Waals surface area contributed by atoms with Crippen LogP contribution >= 0.6 is 0 Å². The lowest BCUT2D eigenvalue weighted by molar-refractivity contribution is 0.112. The van der Waals surface area contributed by atoms with Crippen LogP contribution < -0.4 is 4.74 Å². The summed E-state index contributed by atoms with van der Waals surface area (Å²) in [5.41, 5.74) is 1.74. The summed E-state index contributed by atoms with van der Waals surface area (Å²) in [6.45, 7) is 0.625. The molecule has 110 valence electrons. The molecular formula is C16H18N2O3. The summed E-state index contributed by atoms with van der Waals surface area (Å²) >= 11 is 0. The molecule has 0 saturated heterocycles. The number of ether oxygens (including phenoxy) is 2. The number of hydrogen-bond acceptors (Lipinski definition) is 4. The van der Waals surface area contributed by atoms with E-state index in [1.54, 1.807) is 20.3 Å². The van der Waals surface area contributed by atoms with Crippen molar-refractivity contribution in [1.29, 1.82) is 0 Å². The second-order valence-corrected chi connectivity index (χ2v) is 4.71. The van der Waals surface area contributed by atoms with Crippen LogP contribution in [0.5, 0.6) is 5.75 Å². The summed E-state index contributed by atoms with van der Waals surface area (Å²) in [7, 11) is 3.30. The van der Waals surface area contributed by atoms with Crippen LogP contribution in [0.25, 0.3) is 0 Å². The van der Waals surface area contributed by atoms with E-state index in [2.05, 4.69) is 4.98 Å². The Hall–Kier alpha value is -2.56. The molecule has 0 spiro atoms. The van der Waals surface area contributed by atoms with Crippen molar-refractivity contribution < 1.29 is 14.3 Å². The third kappa shape index (κ3) is 4.80. The number of benzene rings is 1. The molecule has 0 fully saturated rings.